The fourth-order valence-corrected chi connectivity index (χ4v) is 1.95. The molecule has 1 N–H and O–H groups in total. The molecule has 1 atom stereocenters. The maximum Gasteiger partial charge on any atom is 0.321 e. The lowest BCUT2D eigenvalue weighted by molar-refractivity contribution is -0.149. The number of carbonyl (C=O) groups excluding carboxylic acids is 1. The number of hydrogen-bond acceptors (Lipinski definition) is 4. The first-order chi connectivity index (χ1) is 9.15. The quantitative estimate of drug-likeness (QED) is 0.826. The topological polar surface area (TPSA) is 50.7 Å². The molecule has 1 aromatic rings. The lowest BCUT2D eigenvalue weighted by atomic mass is 10.0. The summed E-state index contributed by atoms with van der Waals surface area (Å²) in [6.07, 6.45) is 5.74. The van der Waals surface area contributed by atoms with Crippen LogP contribution in [0.3, 0.4) is 0 Å². The van der Waals surface area contributed by atoms with E-state index in [1.54, 1.807) is 0 Å². The van der Waals surface area contributed by atoms with E-state index >= 15 is 0 Å². The fourth-order valence-electron chi connectivity index (χ4n) is 1.95. The minimum Gasteiger partial charge on any atom is -0.371 e. The first-order valence-electron chi connectivity index (χ1n) is 6.40. The Morgan fingerprint density at radius 3 is 2.74 bits per heavy atom. The third-order valence-corrected chi connectivity index (χ3v) is 2.84. The maximum atomic E-state index is 10.7. The van der Waals surface area contributed by atoms with Gasteiger partial charge in [0, 0.05) is 25.6 Å². The van der Waals surface area contributed by atoms with Crippen LogP contribution in [0.5, 0.6) is 0 Å². The van der Waals surface area contributed by atoms with Crippen LogP contribution in [0.25, 0.3) is 5.70 Å². The third-order valence-electron chi connectivity index (χ3n) is 2.84. The van der Waals surface area contributed by atoms with Gasteiger partial charge in [0.15, 0.2) is 0 Å². The van der Waals surface area contributed by atoms with E-state index in [0.29, 0.717) is 0 Å². The van der Waals surface area contributed by atoms with E-state index < -0.39 is 0 Å². The second-order valence-electron chi connectivity index (χ2n) is 4.65. The molecule has 0 fully saturated rings. The molecule has 0 aromatic heterocycles. The molecule has 0 radical (unpaired) electrons. The number of benzene rings is 1. The van der Waals surface area contributed by atoms with Gasteiger partial charge in [-0.1, -0.05) is 30.3 Å². The van der Waals surface area contributed by atoms with E-state index in [2.05, 4.69) is 40.8 Å². The van der Waals surface area contributed by atoms with Crippen molar-refractivity contribution in [3.63, 3.8) is 0 Å². The van der Waals surface area contributed by atoms with Gasteiger partial charge in [-0.25, -0.2) is 0 Å². The molecule has 0 saturated carbocycles. The van der Waals surface area contributed by atoms with Crippen LogP contribution < -0.4 is 5.48 Å². The third kappa shape index (κ3) is 4.03. The van der Waals surface area contributed by atoms with Crippen LogP contribution in [-0.2, 0) is 16.1 Å². The van der Waals surface area contributed by atoms with Crippen molar-refractivity contribution in [2.45, 2.75) is 32.7 Å². The van der Waals surface area contributed by atoms with Gasteiger partial charge < -0.3 is 4.84 Å². The molecule has 1 aromatic carbocycles. The van der Waals surface area contributed by atoms with Crippen LogP contribution in [0.4, 0.5) is 0 Å². The summed E-state index contributed by atoms with van der Waals surface area (Å²) in [4.78, 5) is 19.8. The second-order valence-corrected chi connectivity index (χ2v) is 4.65. The summed E-state index contributed by atoms with van der Waals surface area (Å²) in [6.45, 7) is 3.35. The summed E-state index contributed by atoms with van der Waals surface area (Å²) in [6, 6.07) is 8.38. The first-order valence-corrected chi connectivity index (χ1v) is 6.40. The van der Waals surface area contributed by atoms with Crippen LogP contribution in [0.2, 0.25) is 0 Å². The van der Waals surface area contributed by atoms with Gasteiger partial charge in [0.1, 0.15) is 0 Å². The predicted octanol–water partition coefficient (Wildman–Crippen LogP) is 2.50. The van der Waals surface area contributed by atoms with Crippen LogP contribution in [-0.4, -0.2) is 18.2 Å². The monoisotopic (exact) mass is 258 g/mol. The molecule has 100 valence electrons. The number of carbonyl (C=O) groups is 1. The Morgan fingerprint density at radius 2 is 2.16 bits per heavy atom. The Morgan fingerprint density at radius 1 is 1.42 bits per heavy atom. The van der Waals surface area contributed by atoms with Crippen molar-refractivity contribution in [2.75, 3.05) is 0 Å². The van der Waals surface area contributed by atoms with E-state index in [4.69, 9.17) is 4.84 Å². The van der Waals surface area contributed by atoms with Gasteiger partial charge in [0.2, 0.25) is 0 Å². The van der Waals surface area contributed by atoms with Crippen molar-refractivity contribution in [2.24, 2.45) is 4.99 Å². The number of rotatable bonds is 5. The van der Waals surface area contributed by atoms with Gasteiger partial charge in [-0.05, 0) is 24.5 Å². The minimum atomic E-state index is -0.326. The van der Waals surface area contributed by atoms with Gasteiger partial charge in [-0.2, -0.15) is 0 Å². The summed E-state index contributed by atoms with van der Waals surface area (Å²) >= 11 is 0. The Balaban J connectivity index is 1.91. The number of aliphatic imine (C=N–C) groups is 1. The second kappa shape index (κ2) is 6.29. The molecule has 4 nitrogen and oxygen atoms in total. The summed E-state index contributed by atoms with van der Waals surface area (Å²) in [5, 5.41) is 0. The standard InChI is InChI=1S/C15H18N2O2/c1-11(17-19-12(2)18)10-13-5-7-14(8-6-13)15-4-3-9-16-15/h4-9,11,17H,3,10H2,1-2H3/t11-/m1/s1. The van der Waals surface area contributed by atoms with E-state index in [9.17, 15) is 4.79 Å². The lowest BCUT2D eigenvalue weighted by Gasteiger charge is -2.12. The number of nitrogens with one attached hydrogen (secondary N) is 1. The van der Waals surface area contributed by atoms with Crippen LogP contribution in [0.15, 0.2) is 35.3 Å². The van der Waals surface area contributed by atoms with E-state index in [1.807, 2.05) is 13.1 Å². The smallest absolute Gasteiger partial charge is 0.321 e. The zero-order valence-corrected chi connectivity index (χ0v) is 11.2. The van der Waals surface area contributed by atoms with E-state index in [1.165, 1.54) is 12.5 Å². The molecular weight excluding hydrogens is 240 g/mol. The summed E-state index contributed by atoms with van der Waals surface area (Å²) in [5.74, 6) is -0.326. The molecule has 19 heavy (non-hydrogen) atoms. The van der Waals surface area contributed by atoms with E-state index in [0.717, 1.165) is 24.1 Å². The summed E-state index contributed by atoms with van der Waals surface area (Å²) in [7, 11) is 0. The highest BCUT2D eigenvalue weighted by Crippen LogP contribution is 2.20. The maximum absolute atomic E-state index is 10.7. The van der Waals surface area contributed by atoms with Crippen molar-refractivity contribution in [3.8, 4) is 0 Å². The predicted molar refractivity (Wildman–Crippen MR) is 75.6 cm³/mol. The largest absolute Gasteiger partial charge is 0.371 e. The Kier molecular flexibility index (Phi) is 4.47. The number of hydrogen-bond donors (Lipinski definition) is 1. The molecule has 0 bridgehead atoms. The Bertz CT molecular complexity index is 503. The molecule has 1 heterocycles. The number of hydroxylamine groups is 1. The van der Waals surface area contributed by atoms with Crippen molar-refractivity contribution < 1.29 is 9.63 Å². The molecule has 1 aliphatic rings. The minimum absolute atomic E-state index is 0.0819. The average molecular weight is 258 g/mol. The van der Waals surface area contributed by atoms with Crippen LogP contribution in [0.1, 0.15) is 31.4 Å². The normalized spacial score (nSPS) is 15.2. The van der Waals surface area contributed by atoms with Crippen molar-refractivity contribution >= 4 is 17.9 Å². The molecule has 0 unspecified atom stereocenters. The highest BCUT2D eigenvalue weighted by molar-refractivity contribution is 5.81. The SMILES string of the molecule is CC(=O)ON[C@H](C)Cc1ccc(C2=CCC=N2)cc1. The lowest BCUT2D eigenvalue weighted by Crippen LogP contribution is -2.29. The first kappa shape index (κ1) is 13.5. The fraction of sp³-hybridized carbons (Fsp3) is 0.333. The molecule has 0 spiro atoms. The average Bonchev–Trinajstić information content (AvgIpc) is 2.91. The number of nitrogens with zero attached hydrogens (tertiary/aromatic N) is 1. The molecule has 0 aliphatic carbocycles. The molecule has 1 aliphatic heterocycles. The molecule has 0 saturated heterocycles. The molecule has 4 heteroatoms. The van der Waals surface area contributed by atoms with Gasteiger partial charge in [-0.15, -0.1) is 5.48 Å². The molecule has 2 rings (SSSR count). The highest BCUT2D eigenvalue weighted by Gasteiger charge is 2.07. The van der Waals surface area contributed by atoms with Gasteiger partial charge in [0.25, 0.3) is 0 Å². The van der Waals surface area contributed by atoms with Crippen LogP contribution in [0, 0.1) is 0 Å². The van der Waals surface area contributed by atoms with Gasteiger partial charge in [0.05, 0.1) is 5.70 Å². The van der Waals surface area contributed by atoms with Crippen molar-refractivity contribution in [1.82, 2.24) is 5.48 Å². The van der Waals surface area contributed by atoms with Gasteiger partial charge >= 0.3 is 5.97 Å². The highest BCUT2D eigenvalue weighted by atomic mass is 16.7. The summed E-state index contributed by atoms with van der Waals surface area (Å²) < 4.78 is 0. The zero-order valence-electron chi connectivity index (χ0n) is 11.2. The van der Waals surface area contributed by atoms with Crippen molar-refractivity contribution in [3.05, 3.63) is 41.5 Å². The van der Waals surface area contributed by atoms with E-state index in [-0.39, 0.29) is 12.0 Å². The Labute approximate surface area is 113 Å². The number of allylic oxidation sites excluding steroid dienone is 1. The molecule has 0 amide bonds. The molecular formula is C15H18N2O2. The van der Waals surface area contributed by atoms with Crippen LogP contribution >= 0.6 is 0 Å². The van der Waals surface area contributed by atoms with Crippen molar-refractivity contribution in [1.29, 1.82) is 0 Å². The Hall–Kier alpha value is -1.94. The summed E-state index contributed by atoms with van der Waals surface area (Å²) in [5.41, 5.74) is 6.09. The van der Waals surface area contributed by atoms with Gasteiger partial charge in [-0.3, -0.25) is 9.79 Å². The zero-order chi connectivity index (χ0) is 13.7.